The van der Waals surface area contributed by atoms with Gasteiger partial charge in [0.1, 0.15) is 0 Å². The van der Waals surface area contributed by atoms with Crippen molar-refractivity contribution >= 4 is 28.6 Å². The van der Waals surface area contributed by atoms with Gasteiger partial charge >= 0.3 is 18.3 Å². The number of aromatic amines is 1. The van der Waals surface area contributed by atoms with Gasteiger partial charge in [0.15, 0.2) is 5.78 Å². The quantitative estimate of drug-likeness (QED) is 0.200. The predicted octanol–water partition coefficient (Wildman–Crippen LogP) is 6.45. The van der Waals surface area contributed by atoms with E-state index in [-0.39, 0.29) is 29.2 Å². The van der Waals surface area contributed by atoms with Crippen LogP contribution in [0.25, 0.3) is 10.9 Å². The van der Waals surface area contributed by atoms with E-state index >= 15 is 0 Å². The van der Waals surface area contributed by atoms with Crippen LogP contribution in [0.2, 0.25) is 0 Å². The fourth-order valence-electron chi connectivity index (χ4n) is 4.41. The van der Waals surface area contributed by atoms with Gasteiger partial charge in [-0.2, -0.15) is 26.3 Å². The number of aromatic nitrogens is 1. The van der Waals surface area contributed by atoms with Crippen molar-refractivity contribution in [3.8, 4) is 0 Å². The molecule has 1 atom stereocenters. The summed E-state index contributed by atoms with van der Waals surface area (Å²) in [6.45, 7) is 0. The number of carboxylic acids is 1. The van der Waals surface area contributed by atoms with E-state index in [0.29, 0.717) is 17.7 Å². The summed E-state index contributed by atoms with van der Waals surface area (Å²) >= 11 is 0. The van der Waals surface area contributed by atoms with Crippen LogP contribution in [0, 0.1) is 0 Å². The number of rotatable bonds is 9. The number of amides is 1. The predicted molar refractivity (Wildman–Crippen MR) is 136 cm³/mol. The Kier molecular flexibility index (Phi) is 8.22. The first-order valence-electron chi connectivity index (χ1n) is 12.2. The Bertz CT molecular complexity index is 1570. The molecule has 1 unspecified atom stereocenters. The largest absolute Gasteiger partial charge is 0.478 e. The molecule has 0 aliphatic carbocycles. The van der Waals surface area contributed by atoms with Crippen molar-refractivity contribution in [2.75, 3.05) is 0 Å². The zero-order chi connectivity index (χ0) is 29.9. The van der Waals surface area contributed by atoms with Gasteiger partial charge in [-0.1, -0.05) is 24.3 Å². The highest BCUT2D eigenvalue weighted by Crippen LogP contribution is 2.36. The fraction of sp³-hybridized carbons (Fsp3) is 0.207. The van der Waals surface area contributed by atoms with Gasteiger partial charge in [0.05, 0.1) is 22.7 Å². The Hall–Kier alpha value is -4.61. The summed E-state index contributed by atoms with van der Waals surface area (Å²) in [7, 11) is 0. The van der Waals surface area contributed by atoms with Crippen molar-refractivity contribution in [3.05, 3.63) is 106 Å². The van der Waals surface area contributed by atoms with Gasteiger partial charge in [0.2, 0.25) is 0 Å². The molecular formula is C29H22F6N2O4. The second-order valence-corrected chi connectivity index (χ2v) is 9.36. The molecule has 0 spiro atoms. The summed E-state index contributed by atoms with van der Waals surface area (Å²) in [6, 6.07) is 12.1. The first kappa shape index (κ1) is 29.4. The van der Waals surface area contributed by atoms with Crippen molar-refractivity contribution in [2.24, 2.45) is 0 Å². The summed E-state index contributed by atoms with van der Waals surface area (Å²) < 4.78 is 79.6. The van der Waals surface area contributed by atoms with Gasteiger partial charge in [-0.25, -0.2) is 4.79 Å². The molecule has 1 amide bonds. The number of carboxylic acid groups (broad SMARTS) is 1. The molecule has 41 heavy (non-hydrogen) atoms. The molecule has 0 bridgehead atoms. The smallest absolute Gasteiger partial charge is 0.416 e. The summed E-state index contributed by atoms with van der Waals surface area (Å²) in [5, 5.41) is 12.5. The van der Waals surface area contributed by atoms with Gasteiger partial charge in [-0.3, -0.25) is 9.59 Å². The topological polar surface area (TPSA) is 99.3 Å². The molecule has 3 aromatic carbocycles. The standard InChI is InChI=1S/C29H22F6N2O4/c30-28(31,32)20-10-16(11-21(14-20)29(33,34)35)8-9-25(38)24(13-19-15-36-23-7-2-1-6-22(19)23)37-26(39)17-4-3-5-18(12-17)27(40)41/h1-7,10-12,14-15,24,36H,8-9,13H2,(H,37,39)(H,40,41). The molecule has 1 heterocycles. The van der Waals surface area contributed by atoms with E-state index in [4.69, 9.17) is 0 Å². The van der Waals surface area contributed by atoms with Crippen LogP contribution in [0.5, 0.6) is 0 Å². The highest BCUT2D eigenvalue weighted by Gasteiger charge is 2.37. The number of benzene rings is 3. The van der Waals surface area contributed by atoms with Crippen LogP contribution < -0.4 is 5.32 Å². The number of hydrogen-bond donors (Lipinski definition) is 3. The first-order chi connectivity index (χ1) is 19.2. The van der Waals surface area contributed by atoms with E-state index in [0.717, 1.165) is 17.0 Å². The Labute approximate surface area is 229 Å². The zero-order valence-electron chi connectivity index (χ0n) is 21.1. The Morgan fingerprint density at radius 2 is 1.46 bits per heavy atom. The number of H-pyrrole nitrogens is 1. The van der Waals surface area contributed by atoms with E-state index in [1.165, 1.54) is 18.2 Å². The maximum absolute atomic E-state index is 13.3. The number of carbonyl (C=O) groups excluding carboxylic acids is 2. The third kappa shape index (κ3) is 7.13. The molecule has 3 N–H and O–H groups in total. The molecule has 1 aromatic heterocycles. The fourth-order valence-corrected chi connectivity index (χ4v) is 4.41. The Morgan fingerprint density at radius 3 is 2.10 bits per heavy atom. The maximum atomic E-state index is 13.3. The number of Topliss-reactive ketones (excluding diaryl/α,β-unsaturated/α-hetero) is 1. The van der Waals surface area contributed by atoms with Gasteiger partial charge < -0.3 is 15.4 Å². The maximum Gasteiger partial charge on any atom is 0.416 e. The van der Waals surface area contributed by atoms with Crippen molar-refractivity contribution in [2.45, 2.75) is 37.7 Å². The molecule has 0 fully saturated rings. The lowest BCUT2D eigenvalue weighted by molar-refractivity contribution is -0.143. The number of hydrogen-bond acceptors (Lipinski definition) is 3. The molecule has 6 nitrogen and oxygen atoms in total. The van der Waals surface area contributed by atoms with Crippen molar-refractivity contribution in [1.29, 1.82) is 0 Å². The van der Waals surface area contributed by atoms with E-state index < -0.39 is 60.0 Å². The number of carbonyl (C=O) groups is 3. The normalized spacial score (nSPS) is 12.7. The van der Waals surface area contributed by atoms with Gasteiger partial charge in [-0.05, 0) is 60.0 Å². The van der Waals surface area contributed by atoms with Crippen molar-refractivity contribution < 1.29 is 45.8 Å². The Balaban J connectivity index is 1.61. The van der Waals surface area contributed by atoms with Crippen LogP contribution in [-0.4, -0.2) is 33.8 Å². The van der Waals surface area contributed by atoms with Gasteiger partial charge in [0.25, 0.3) is 5.91 Å². The number of para-hydroxylation sites is 1. The van der Waals surface area contributed by atoms with Crippen LogP contribution in [0.1, 0.15) is 49.4 Å². The number of alkyl halides is 6. The van der Waals surface area contributed by atoms with Gasteiger partial charge in [0, 0.05) is 35.5 Å². The minimum Gasteiger partial charge on any atom is -0.478 e. The summed E-state index contributed by atoms with van der Waals surface area (Å²) in [5.74, 6) is -2.68. The monoisotopic (exact) mass is 576 g/mol. The molecule has 0 aliphatic rings. The van der Waals surface area contributed by atoms with Crippen molar-refractivity contribution in [3.63, 3.8) is 0 Å². The highest BCUT2D eigenvalue weighted by atomic mass is 19.4. The molecule has 0 saturated heterocycles. The number of halogens is 6. The van der Waals surface area contributed by atoms with Crippen LogP contribution in [-0.2, 0) is 30.0 Å². The number of ketones is 1. The lowest BCUT2D eigenvalue weighted by Crippen LogP contribution is -2.42. The third-order valence-electron chi connectivity index (χ3n) is 6.47. The number of aryl methyl sites for hydroxylation is 1. The molecule has 214 valence electrons. The average molecular weight is 576 g/mol. The van der Waals surface area contributed by atoms with E-state index in [9.17, 15) is 45.8 Å². The molecule has 4 aromatic rings. The Morgan fingerprint density at radius 1 is 0.829 bits per heavy atom. The third-order valence-corrected chi connectivity index (χ3v) is 6.47. The summed E-state index contributed by atoms with van der Waals surface area (Å²) in [5.41, 5.74) is -2.15. The summed E-state index contributed by atoms with van der Waals surface area (Å²) in [4.78, 5) is 40.7. The lowest BCUT2D eigenvalue weighted by atomic mass is 9.95. The molecule has 0 radical (unpaired) electrons. The van der Waals surface area contributed by atoms with Crippen LogP contribution in [0.4, 0.5) is 26.3 Å². The van der Waals surface area contributed by atoms with Gasteiger partial charge in [-0.15, -0.1) is 0 Å². The number of fused-ring (bicyclic) bond motifs is 1. The van der Waals surface area contributed by atoms with Crippen LogP contribution >= 0.6 is 0 Å². The van der Waals surface area contributed by atoms with E-state index in [1.54, 1.807) is 30.5 Å². The number of nitrogens with one attached hydrogen (secondary N) is 2. The SMILES string of the molecule is O=C(O)c1cccc(C(=O)NC(Cc2c[nH]c3ccccc23)C(=O)CCc2cc(C(F)(F)F)cc(C(F)(F)F)c2)c1. The van der Waals surface area contributed by atoms with Crippen LogP contribution in [0.3, 0.4) is 0 Å². The van der Waals surface area contributed by atoms with E-state index in [2.05, 4.69) is 10.3 Å². The average Bonchev–Trinajstić information content (AvgIpc) is 3.33. The minimum absolute atomic E-state index is 0.0105. The summed E-state index contributed by atoms with van der Waals surface area (Å²) in [6.07, 6.45) is -9.39. The zero-order valence-corrected chi connectivity index (χ0v) is 21.1. The number of aromatic carboxylic acids is 1. The highest BCUT2D eigenvalue weighted by molar-refractivity contribution is 6.00. The van der Waals surface area contributed by atoms with E-state index in [1.807, 2.05) is 0 Å². The van der Waals surface area contributed by atoms with Crippen molar-refractivity contribution in [1.82, 2.24) is 10.3 Å². The van der Waals surface area contributed by atoms with Crippen LogP contribution in [0.15, 0.2) is 72.9 Å². The molecule has 0 saturated carbocycles. The molecule has 12 heteroatoms. The minimum atomic E-state index is -5.03. The lowest BCUT2D eigenvalue weighted by Gasteiger charge is -2.19. The second kappa shape index (κ2) is 11.5. The molecular weight excluding hydrogens is 554 g/mol. The molecule has 4 rings (SSSR count). The molecule has 0 aliphatic heterocycles. The first-order valence-corrected chi connectivity index (χ1v) is 12.2. The second-order valence-electron chi connectivity index (χ2n) is 9.36.